The SMILES string of the molecule is CC1CCCC1CNC(=O)NC1(CC(=O)O)CCCC1. The van der Waals surface area contributed by atoms with E-state index in [9.17, 15) is 9.59 Å². The number of carboxylic acids is 1. The fraction of sp³-hybridized carbons (Fsp3) is 0.867. The van der Waals surface area contributed by atoms with Gasteiger partial charge in [-0.15, -0.1) is 0 Å². The number of aliphatic carboxylic acids is 1. The van der Waals surface area contributed by atoms with Crippen LogP contribution < -0.4 is 10.6 Å². The molecule has 0 aromatic carbocycles. The number of carbonyl (C=O) groups is 2. The van der Waals surface area contributed by atoms with Crippen molar-refractivity contribution in [1.29, 1.82) is 0 Å². The summed E-state index contributed by atoms with van der Waals surface area (Å²) >= 11 is 0. The second-order valence-corrected chi connectivity index (χ2v) is 6.56. The van der Waals surface area contributed by atoms with Gasteiger partial charge in [0.25, 0.3) is 0 Å². The quantitative estimate of drug-likeness (QED) is 0.725. The molecule has 2 unspecified atom stereocenters. The number of carboxylic acid groups (broad SMARTS) is 1. The molecule has 5 heteroatoms. The lowest BCUT2D eigenvalue weighted by Crippen LogP contribution is -2.52. The summed E-state index contributed by atoms with van der Waals surface area (Å²) in [6.07, 6.45) is 7.23. The largest absolute Gasteiger partial charge is 0.481 e. The normalized spacial score (nSPS) is 28.2. The van der Waals surface area contributed by atoms with Crippen molar-refractivity contribution in [2.45, 2.75) is 63.8 Å². The Balaban J connectivity index is 1.81. The number of rotatable bonds is 5. The molecule has 2 fully saturated rings. The molecule has 0 aromatic heterocycles. The zero-order chi connectivity index (χ0) is 14.6. The van der Waals surface area contributed by atoms with E-state index in [0.717, 1.165) is 25.7 Å². The van der Waals surface area contributed by atoms with Gasteiger partial charge in [-0.1, -0.05) is 32.6 Å². The molecule has 2 aliphatic carbocycles. The number of carbonyl (C=O) groups excluding carboxylic acids is 1. The Morgan fingerprint density at radius 1 is 1.20 bits per heavy atom. The Morgan fingerprint density at radius 2 is 1.90 bits per heavy atom. The van der Waals surface area contributed by atoms with Gasteiger partial charge in [-0.05, 0) is 31.1 Å². The minimum Gasteiger partial charge on any atom is -0.481 e. The number of nitrogens with one attached hydrogen (secondary N) is 2. The van der Waals surface area contributed by atoms with E-state index in [4.69, 9.17) is 5.11 Å². The highest BCUT2D eigenvalue weighted by molar-refractivity contribution is 5.76. The Kier molecular flexibility index (Phi) is 4.89. The summed E-state index contributed by atoms with van der Waals surface area (Å²) < 4.78 is 0. The van der Waals surface area contributed by atoms with Crippen LogP contribution in [-0.4, -0.2) is 29.2 Å². The van der Waals surface area contributed by atoms with E-state index < -0.39 is 11.5 Å². The zero-order valence-electron chi connectivity index (χ0n) is 12.3. The maximum Gasteiger partial charge on any atom is 0.315 e. The van der Waals surface area contributed by atoms with Crippen LogP contribution in [0.5, 0.6) is 0 Å². The van der Waals surface area contributed by atoms with Gasteiger partial charge >= 0.3 is 12.0 Å². The molecule has 0 aliphatic heterocycles. The maximum absolute atomic E-state index is 12.0. The monoisotopic (exact) mass is 282 g/mol. The van der Waals surface area contributed by atoms with Gasteiger partial charge in [-0.25, -0.2) is 4.79 Å². The van der Waals surface area contributed by atoms with Crippen LogP contribution in [0.3, 0.4) is 0 Å². The van der Waals surface area contributed by atoms with Crippen molar-refractivity contribution in [1.82, 2.24) is 10.6 Å². The van der Waals surface area contributed by atoms with Crippen LogP contribution in [0.4, 0.5) is 4.79 Å². The molecule has 0 saturated heterocycles. The molecule has 2 amide bonds. The molecule has 20 heavy (non-hydrogen) atoms. The van der Waals surface area contributed by atoms with Crippen LogP contribution in [0, 0.1) is 11.8 Å². The minimum absolute atomic E-state index is 0.0280. The third-order valence-corrected chi connectivity index (χ3v) is 4.99. The molecule has 2 saturated carbocycles. The summed E-state index contributed by atoms with van der Waals surface area (Å²) in [5.41, 5.74) is -0.531. The molecule has 0 heterocycles. The van der Waals surface area contributed by atoms with Crippen LogP contribution >= 0.6 is 0 Å². The molecule has 0 spiro atoms. The third kappa shape index (κ3) is 3.87. The van der Waals surface area contributed by atoms with Gasteiger partial charge in [-0.2, -0.15) is 0 Å². The summed E-state index contributed by atoms with van der Waals surface area (Å²) in [4.78, 5) is 23.0. The lowest BCUT2D eigenvalue weighted by atomic mass is 9.93. The van der Waals surface area contributed by atoms with Crippen molar-refractivity contribution in [3.05, 3.63) is 0 Å². The van der Waals surface area contributed by atoms with Crippen molar-refractivity contribution in [3.63, 3.8) is 0 Å². The van der Waals surface area contributed by atoms with Gasteiger partial charge in [-0.3, -0.25) is 4.79 Å². The predicted octanol–water partition coefficient (Wildman–Crippen LogP) is 2.51. The molecule has 0 bridgehead atoms. The van der Waals surface area contributed by atoms with Crippen molar-refractivity contribution in [2.24, 2.45) is 11.8 Å². The van der Waals surface area contributed by atoms with Gasteiger partial charge in [0, 0.05) is 6.54 Å². The highest BCUT2D eigenvalue weighted by Crippen LogP contribution is 2.33. The first-order chi connectivity index (χ1) is 9.51. The first-order valence-corrected chi connectivity index (χ1v) is 7.79. The Hall–Kier alpha value is -1.26. The zero-order valence-corrected chi connectivity index (χ0v) is 12.3. The van der Waals surface area contributed by atoms with Crippen LogP contribution in [0.25, 0.3) is 0 Å². The second-order valence-electron chi connectivity index (χ2n) is 6.56. The Morgan fingerprint density at radius 3 is 2.45 bits per heavy atom. The lowest BCUT2D eigenvalue weighted by molar-refractivity contribution is -0.138. The van der Waals surface area contributed by atoms with E-state index in [1.807, 2.05) is 0 Å². The van der Waals surface area contributed by atoms with Crippen molar-refractivity contribution < 1.29 is 14.7 Å². The molecule has 0 aromatic rings. The van der Waals surface area contributed by atoms with Crippen molar-refractivity contribution >= 4 is 12.0 Å². The number of hydrogen-bond acceptors (Lipinski definition) is 2. The van der Waals surface area contributed by atoms with Gasteiger partial charge < -0.3 is 15.7 Å². The highest BCUT2D eigenvalue weighted by atomic mass is 16.4. The fourth-order valence-corrected chi connectivity index (χ4v) is 3.72. The van der Waals surface area contributed by atoms with Gasteiger partial charge in [0.2, 0.25) is 0 Å². The third-order valence-electron chi connectivity index (χ3n) is 4.99. The van der Waals surface area contributed by atoms with E-state index in [1.165, 1.54) is 19.3 Å². The molecule has 0 radical (unpaired) electrons. The average molecular weight is 282 g/mol. The van der Waals surface area contributed by atoms with Gasteiger partial charge in [0.05, 0.1) is 12.0 Å². The first kappa shape index (κ1) is 15.1. The molecular formula is C15H26N2O3. The van der Waals surface area contributed by atoms with Crippen LogP contribution in [0.15, 0.2) is 0 Å². The molecule has 3 N–H and O–H groups in total. The highest BCUT2D eigenvalue weighted by Gasteiger charge is 2.37. The van der Waals surface area contributed by atoms with Gasteiger partial charge in [0.15, 0.2) is 0 Å². The maximum atomic E-state index is 12.0. The predicted molar refractivity (Wildman–Crippen MR) is 76.5 cm³/mol. The lowest BCUT2D eigenvalue weighted by Gasteiger charge is -2.29. The molecule has 2 rings (SSSR count). The van der Waals surface area contributed by atoms with E-state index in [1.54, 1.807) is 0 Å². The average Bonchev–Trinajstić information content (AvgIpc) is 2.96. The van der Waals surface area contributed by atoms with E-state index in [0.29, 0.717) is 18.4 Å². The summed E-state index contributed by atoms with van der Waals surface area (Å²) in [7, 11) is 0. The van der Waals surface area contributed by atoms with Crippen LogP contribution in [0.2, 0.25) is 0 Å². The van der Waals surface area contributed by atoms with Crippen LogP contribution in [-0.2, 0) is 4.79 Å². The first-order valence-electron chi connectivity index (χ1n) is 7.79. The van der Waals surface area contributed by atoms with E-state index in [-0.39, 0.29) is 12.5 Å². The summed E-state index contributed by atoms with van der Waals surface area (Å²) in [6.45, 7) is 2.94. The molecular weight excluding hydrogens is 256 g/mol. The van der Waals surface area contributed by atoms with Crippen molar-refractivity contribution in [2.75, 3.05) is 6.54 Å². The van der Waals surface area contributed by atoms with E-state index in [2.05, 4.69) is 17.6 Å². The van der Waals surface area contributed by atoms with E-state index >= 15 is 0 Å². The summed E-state index contributed by atoms with van der Waals surface area (Å²) in [5, 5.41) is 14.9. The van der Waals surface area contributed by atoms with Crippen LogP contribution in [0.1, 0.15) is 58.3 Å². The van der Waals surface area contributed by atoms with Gasteiger partial charge in [0.1, 0.15) is 0 Å². The molecule has 114 valence electrons. The number of urea groups is 1. The topological polar surface area (TPSA) is 78.4 Å². The summed E-state index contributed by atoms with van der Waals surface area (Å²) in [6, 6.07) is -0.202. The Bertz CT molecular complexity index is 364. The molecule has 2 aliphatic rings. The minimum atomic E-state index is -0.836. The smallest absolute Gasteiger partial charge is 0.315 e. The standard InChI is InChI=1S/C15H26N2O3/c1-11-5-4-6-12(11)10-16-14(20)17-15(9-13(18)19)7-2-3-8-15/h11-12H,2-10H2,1H3,(H,18,19)(H2,16,17,20). The number of amides is 2. The molecule has 5 nitrogen and oxygen atoms in total. The summed E-state index contributed by atoms with van der Waals surface area (Å²) in [5.74, 6) is 0.408. The second kappa shape index (κ2) is 6.46. The molecule has 2 atom stereocenters. The number of hydrogen-bond donors (Lipinski definition) is 3. The van der Waals surface area contributed by atoms with Crippen molar-refractivity contribution in [3.8, 4) is 0 Å². The fourth-order valence-electron chi connectivity index (χ4n) is 3.72. The Labute approximate surface area is 120 Å².